The summed E-state index contributed by atoms with van der Waals surface area (Å²) < 4.78 is 50.9. The minimum atomic E-state index is -6.82. The van der Waals surface area contributed by atoms with E-state index in [4.69, 9.17) is 41.3 Å². The van der Waals surface area contributed by atoms with E-state index in [1.54, 1.807) is 97.1 Å². The van der Waals surface area contributed by atoms with E-state index < -0.39 is 52.3 Å². The molecule has 24 nitrogen and oxygen atoms in total. The van der Waals surface area contributed by atoms with Crippen molar-refractivity contribution in [3.8, 4) is 46.0 Å². The van der Waals surface area contributed by atoms with Gasteiger partial charge in [-0.1, -0.05) is 0 Å². The molecular weight excluding hydrogens is 1070 g/mol. The molecule has 0 aromatic heterocycles. The minimum absolute atomic E-state index is 0.0109. The Balaban J connectivity index is 1.48. The fraction of sp³-hybridized carbons (Fsp3) is 0. The monoisotopic (exact) mass is 1110 g/mol. The molecule has 0 aliphatic carbocycles. The third-order valence-electron chi connectivity index (χ3n) is 10.2. The van der Waals surface area contributed by atoms with E-state index in [1.165, 1.54) is 84.9 Å². The predicted octanol–water partition coefficient (Wildman–Crippen LogP) is 14.1. The van der Waals surface area contributed by atoms with Crippen LogP contribution in [0.3, 0.4) is 0 Å². The number of non-ortho nitro benzene ring substituents is 4. The maximum absolute atomic E-state index is 12.2. The molecule has 0 saturated heterocycles. The number of nitrogens with one attached hydrogen (secondary N) is 1. The van der Waals surface area contributed by atoms with Crippen LogP contribution in [0.4, 0.5) is 22.7 Å². The molecule has 1 aliphatic heterocycles. The molecule has 0 bridgehead atoms. The van der Waals surface area contributed by atoms with Crippen molar-refractivity contribution in [2.24, 2.45) is 4.52 Å². The Kier molecular flexibility index (Phi) is 15.6. The number of nitro groups is 4. The van der Waals surface area contributed by atoms with Gasteiger partial charge >= 0.3 is 435 Å². The van der Waals surface area contributed by atoms with Crippen LogP contribution in [0.1, 0.15) is 0 Å². The molecule has 8 aromatic carbocycles. The van der Waals surface area contributed by atoms with Gasteiger partial charge in [0, 0.05) is 0 Å². The molecule has 0 amide bonds. The van der Waals surface area contributed by atoms with Gasteiger partial charge in [0.1, 0.15) is 0 Å². The van der Waals surface area contributed by atoms with Crippen LogP contribution < -0.4 is 41.7 Å². The summed E-state index contributed by atoms with van der Waals surface area (Å²) in [7, 11) is -15.4. The summed E-state index contributed by atoms with van der Waals surface area (Å²) in [6.07, 6.45) is 0. The number of benzene rings is 8. The number of para-hydroxylation sites is 4. The van der Waals surface area contributed by atoms with Gasteiger partial charge in [-0.05, 0) is 0 Å². The molecule has 1 aliphatic rings. The Bertz CT molecular complexity index is 3300. The summed E-state index contributed by atoms with van der Waals surface area (Å²) in [6.45, 7) is 0. The van der Waals surface area contributed by atoms with Crippen molar-refractivity contribution in [3.05, 3.63) is 259 Å². The van der Waals surface area contributed by atoms with Gasteiger partial charge in [0.15, 0.2) is 0 Å². The second-order valence-electron chi connectivity index (χ2n) is 15.4. The normalized spacial score (nSPS) is 16.5. The first kappa shape index (κ1) is 52.0. The molecule has 0 radical (unpaired) electrons. The molecule has 0 saturated carbocycles. The first-order valence-corrected chi connectivity index (χ1v) is 27.7. The van der Waals surface area contributed by atoms with E-state index in [2.05, 4.69) is 4.86 Å². The zero-order chi connectivity index (χ0) is 53.2. The van der Waals surface area contributed by atoms with Crippen LogP contribution in [-0.4, -0.2) is 28.9 Å². The summed E-state index contributed by atoms with van der Waals surface area (Å²) in [6, 6.07) is 52.0. The summed E-state index contributed by atoms with van der Waals surface area (Å²) in [5, 5.41) is 48.3. The van der Waals surface area contributed by atoms with Gasteiger partial charge in [0.2, 0.25) is 0 Å². The third kappa shape index (κ3) is 11.6. The predicted molar refractivity (Wildman–Crippen MR) is 281 cm³/mol. The molecule has 386 valence electrons. The van der Waals surface area contributed by atoms with Gasteiger partial charge in [0.05, 0.1) is 0 Å². The average Bonchev–Trinajstić information content (AvgIpc) is 3.59. The Labute approximate surface area is 433 Å². The topological polar surface area (TPSA) is 277 Å². The molecule has 8 aromatic rings. The van der Waals surface area contributed by atoms with Crippen LogP contribution in [0.2, 0.25) is 0 Å². The van der Waals surface area contributed by atoms with Gasteiger partial charge in [0.25, 0.3) is 0 Å². The number of nitro benzene ring substituents is 4. The van der Waals surface area contributed by atoms with Crippen molar-refractivity contribution in [2.75, 3.05) is 0 Å². The molecule has 1 heterocycles. The van der Waals surface area contributed by atoms with Crippen molar-refractivity contribution in [3.63, 3.8) is 0 Å². The fourth-order valence-electron chi connectivity index (χ4n) is 6.82. The Morgan fingerprint density at radius 3 is 1.11 bits per heavy atom. The summed E-state index contributed by atoms with van der Waals surface area (Å²) in [5.74, 6) is -0.458. The van der Waals surface area contributed by atoms with Gasteiger partial charge in [-0.2, -0.15) is 0 Å². The SMILES string of the molecule is O=[N+]([O-])c1ccc(ON2P(Oc3ccc([N+](=O)[O-])cc3)NPN=P(Oc3ccccc3)(Oc3ccccc3)N(Oc3ccc([N+](=O)[O-])cc3)P2(Oc2ccccc2)(Oc2ccccc2)Oc2ccc([N+](=O)[O-])cc2)cc1. The van der Waals surface area contributed by atoms with Crippen molar-refractivity contribution in [1.29, 1.82) is 0 Å². The first-order chi connectivity index (χ1) is 36.8. The number of rotatable bonds is 20. The molecule has 28 heteroatoms. The molecule has 9 rings (SSSR count). The average molecular weight is 1110 g/mol. The van der Waals surface area contributed by atoms with Crippen LogP contribution >= 0.6 is 32.6 Å². The summed E-state index contributed by atoms with van der Waals surface area (Å²) in [5.41, 5.74) is -1.30. The standard InChI is InChI=1S/C48H38N8O16P4/c57-51(58)37-21-29-41(30-22-37)65-55-74(67-43-33-25-39(26-34-43)53(61)62)49-73-50-75(68-44-13-5-1-6-14-44,69-45-15-7-2-8-16-45)56(66-42-31-23-38(24-32-42)52(59)60)76(55,70-46-17-9-3-10-18-46,71-47-19-11-4-12-20-47)72-48-35-27-40(28-36-48)54(63)64/h1-36,49,73H. The van der Waals surface area contributed by atoms with Crippen LogP contribution in [0.25, 0.3) is 0 Å². The quantitative estimate of drug-likeness (QED) is 0.0422. The zero-order valence-electron chi connectivity index (χ0n) is 38.8. The summed E-state index contributed by atoms with van der Waals surface area (Å²) in [4.78, 5) is 63.4. The van der Waals surface area contributed by atoms with Crippen molar-refractivity contribution in [2.45, 2.75) is 0 Å². The maximum atomic E-state index is 12.2. The second-order valence-corrected chi connectivity index (χ2v) is 23.6. The van der Waals surface area contributed by atoms with Crippen LogP contribution in [0, 0.1) is 40.5 Å². The van der Waals surface area contributed by atoms with E-state index in [-0.39, 0.29) is 68.7 Å². The number of nitrogens with zero attached hydrogens (tertiary/aromatic N) is 7. The molecule has 2 unspecified atom stereocenters. The van der Waals surface area contributed by atoms with Crippen molar-refractivity contribution >= 4 is 55.3 Å². The number of hydrogen-bond donors (Lipinski definition) is 1. The Morgan fingerprint density at radius 1 is 0.421 bits per heavy atom. The fourth-order valence-corrected chi connectivity index (χ4v) is 18.7. The van der Waals surface area contributed by atoms with Gasteiger partial charge in [-0.15, -0.1) is 0 Å². The van der Waals surface area contributed by atoms with Gasteiger partial charge in [-0.25, -0.2) is 0 Å². The van der Waals surface area contributed by atoms with Crippen molar-refractivity contribution in [1.82, 2.24) is 14.1 Å². The molecule has 0 fully saturated rings. The van der Waals surface area contributed by atoms with E-state index in [0.29, 0.717) is 0 Å². The Morgan fingerprint density at radius 2 is 0.737 bits per heavy atom. The van der Waals surface area contributed by atoms with Crippen LogP contribution in [-0.2, 0) is 0 Å². The van der Waals surface area contributed by atoms with E-state index in [9.17, 15) is 40.5 Å². The summed E-state index contributed by atoms with van der Waals surface area (Å²) >= 11 is 0. The number of hydrogen-bond acceptors (Lipinski definition) is 20. The molecule has 1 N–H and O–H groups in total. The van der Waals surface area contributed by atoms with Crippen LogP contribution in [0.5, 0.6) is 46.0 Å². The third-order valence-corrected chi connectivity index (χ3v) is 20.8. The van der Waals surface area contributed by atoms with Gasteiger partial charge < -0.3 is 0 Å². The second kappa shape index (κ2) is 22.7. The van der Waals surface area contributed by atoms with Crippen molar-refractivity contribution < 1.29 is 56.5 Å². The molecule has 76 heavy (non-hydrogen) atoms. The Hall–Kier alpha value is -8.84. The molecule has 0 spiro atoms. The zero-order valence-corrected chi connectivity index (χ0v) is 42.5. The van der Waals surface area contributed by atoms with Crippen LogP contribution in [0.15, 0.2) is 223 Å². The van der Waals surface area contributed by atoms with Gasteiger partial charge in [-0.3, -0.25) is 0 Å². The van der Waals surface area contributed by atoms with E-state index >= 15 is 0 Å². The molecular formula is C48H38N8O16P4. The van der Waals surface area contributed by atoms with E-state index in [0.717, 1.165) is 45.6 Å². The van der Waals surface area contributed by atoms with E-state index in [1.807, 2.05) is 0 Å². The molecule has 2 atom stereocenters. The first-order valence-electron chi connectivity index (χ1n) is 22.1.